The van der Waals surface area contributed by atoms with Crippen LogP contribution in [-0.4, -0.2) is 50.1 Å². The van der Waals surface area contributed by atoms with Crippen molar-refractivity contribution in [1.29, 1.82) is 0 Å². The highest BCUT2D eigenvalue weighted by Crippen LogP contribution is 2.22. The summed E-state index contributed by atoms with van der Waals surface area (Å²) in [5.74, 6) is 0.565. The minimum absolute atomic E-state index is 0.00116. The molecule has 0 spiro atoms. The summed E-state index contributed by atoms with van der Waals surface area (Å²) in [6, 6.07) is 14.9. The number of carbonyl (C=O) groups is 2. The molecule has 2 amide bonds. The Balaban J connectivity index is 1.52. The van der Waals surface area contributed by atoms with E-state index >= 15 is 0 Å². The number of anilines is 2. The van der Waals surface area contributed by atoms with Gasteiger partial charge in [0.2, 0.25) is 11.8 Å². The monoisotopic (exact) mass is 369 g/mol. The standard InChI is InChI=1S/C20H23N3O4/c1-26-14-20(25)22-17-8-6-16(7-9-17)21-19(24)13-23-10-11-27-18-5-3-2-4-15(18)12-23/h2-9H,10-14H2,1H3,(H,21,24)(H,22,25). The van der Waals surface area contributed by atoms with Crippen LogP contribution in [-0.2, 0) is 20.9 Å². The molecule has 0 saturated heterocycles. The maximum Gasteiger partial charge on any atom is 0.250 e. The van der Waals surface area contributed by atoms with E-state index in [9.17, 15) is 9.59 Å². The number of hydrogen-bond donors (Lipinski definition) is 2. The van der Waals surface area contributed by atoms with Crippen molar-refractivity contribution in [1.82, 2.24) is 4.90 Å². The Kier molecular flexibility index (Phi) is 6.40. The Labute approximate surface area is 158 Å². The van der Waals surface area contributed by atoms with Gasteiger partial charge >= 0.3 is 0 Å². The second kappa shape index (κ2) is 9.16. The number of ether oxygens (including phenoxy) is 2. The fourth-order valence-corrected chi connectivity index (χ4v) is 2.88. The van der Waals surface area contributed by atoms with Crippen molar-refractivity contribution in [3.8, 4) is 5.75 Å². The van der Waals surface area contributed by atoms with E-state index in [4.69, 9.17) is 9.47 Å². The van der Waals surface area contributed by atoms with E-state index in [0.29, 0.717) is 31.1 Å². The zero-order chi connectivity index (χ0) is 19.1. The fourth-order valence-electron chi connectivity index (χ4n) is 2.88. The molecule has 2 aromatic rings. The molecule has 1 heterocycles. The van der Waals surface area contributed by atoms with Crippen LogP contribution in [0.5, 0.6) is 5.75 Å². The largest absolute Gasteiger partial charge is 0.492 e. The molecule has 142 valence electrons. The lowest BCUT2D eigenvalue weighted by molar-refractivity contribution is -0.119. The SMILES string of the molecule is COCC(=O)Nc1ccc(NC(=O)CN2CCOc3ccccc3C2)cc1. The van der Waals surface area contributed by atoms with Gasteiger partial charge in [0.15, 0.2) is 0 Å². The van der Waals surface area contributed by atoms with E-state index < -0.39 is 0 Å². The fraction of sp³-hybridized carbons (Fsp3) is 0.300. The van der Waals surface area contributed by atoms with Crippen LogP contribution >= 0.6 is 0 Å². The normalized spacial score (nSPS) is 13.8. The number of nitrogens with one attached hydrogen (secondary N) is 2. The summed E-state index contributed by atoms with van der Waals surface area (Å²) in [4.78, 5) is 25.9. The molecule has 7 heteroatoms. The van der Waals surface area contributed by atoms with Gasteiger partial charge in [0, 0.05) is 37.1 Å². The van der Waals surface area contributed by atoms with Crippen LogP contribution in [0.2, 0.25) is 0 Å². The number of amides is 2. The Hall–Kier alpha value is -2.90. The van der Waals surface area contributed by atoms with Crippen molar-refractivity contribution < 1.29 is 19.1 Å². The molecule has 0 radical (unpaired) electrons. The van der Waals surface area contributed by atoms with Gasteiger partial charge < -0.3 is 20.1 Å². The van der Waals surface area contributed by atoms with E-state index in [1.807, 2.05) is 24.3 Å². The Morgan fingerprint density at radius 2 is 1.70 bits per heavy atom. The smallest absolute Gasteiger partial charge is 0.250 e. The van der Waals surface area contributed by atoms with E-state index in [1.54, 1.807) is 24.3 Å². The van der Waals surface area contributed by atoms with Crippen molar-refractivity contribution in [3.05, 3.63) is 54.1 Å². The third-order valence-corrected chi connectivity index (χ3v) is 4.13. The number of hydrogen-bond acceptors (Lipinski definition) is 5. The average molecular weight is 369 g/mol. The summed E-state index contributed by atoms with van der Waals surface area (Å²) in [5.41, 5.74) is 2.41. The molecule has 0 unspecified atom stereocenters. The summed E-state index contributed by atoms with van der Waals surface area (Å²) in [6.07, 6.45) is 0. The second-order valence-corrected chi connectivity index (χ2v) is 6.27. The van der Waals surface area contributed by atoms with Crippen molar-refractivity contribution >= 4 is 23.2 Å². The molecule has 0 saturated carbocycles. The molecule has 7 nitrogen and oxygen atoms in total. The number of benzene rings is 2. The lowest BCUT2D eigenvalue weighted by Crippen LogP contribution is -2.34. The molecular formula is C20H23N3O4. The highest BCUT2D eigenvalue weighted by atomic mass is 16.5. The number of fused-ring (bicyclic) bond motifs is 1. The minimum atomic E-state index is -0.224. The zero-order valence-electron chi connectivity index (χ0n) is 15.2. The van der Waals surface area contributed by atoms with Crippen LogP contribution < -0.4 is 15.4 Å². The van der Waals surface area contributed by atoms with Gasteiger partial charge in [-0.3, -0.25) is 14.5 Å². The van der Waals surface area contributed by atoms with Crippen LogP contribution in [0.15, 0.2) is 48.5 Å². The Morgan fingerprint density at radius 3 is 2.41 bits per heavy atom. The van der Waals surface area contributed by atoms with Gasteiger partial charge in [-0.05, 0) is 30.3 Å². The van der Waals surface area contributed by atoms with E-state index in [2.05, 4.69) is 15.5 Å². The lowest BCUT2D eigenvalue weighted by atomic mass is 10.2. The molecule has 0 aromatic heterocycles. The van der Waals surface area contributed by atoms with Gasteiger partial charge in [0.05, 0.1) is 6.54 Å². The molecule has 0 aliphatic carbocycles. The highest BCUT2D eigenvalue weighted by molar-refractivity contribution is 5.94. The molecule has 0 atom stereocenters. The van der Waals surface area contributed by atoms with E-state index in [-0.39, 0.29) is 25.0 Å². The molecule has 1 aliphatic rings. The Bertz CT molecular complexity index is 792. The van der Waals surface area contributed by atoms with Crippen LogP contribution in [0.25, 0.3) is 0 Å². The zero-order valence-corrected chi connectivity index (χ0v) is 15.2. The van der Waals surface area contributed by atoms with Crippen LogP contribution in [0.1, 0.15) is 5.56 Å². The number of rotatable bonds is 6. The van der Waals surface area contributed by atoms with Gasteiger partial charge in [-0.1, -0.05) is 18.2 Å². The summed E-state index contributed by atoms with van der Waals surface area (Å²) in [7, 11) is 1.47. The number of para-hydroxylation sites is 1. The molecule has 2 N–H and O–H groups in total. The maximum atomic E-state index is 12.4. The first-order valence-corrected chi connectivity index (χ1v) is 8.76. The number of nitrogens with zero attached hydrogens (tertiary/aromatic N) is 1. The van der Waals surface area contributed by atoms with Crippen molar-refractivity contribution in [2.24, 2.45) is 0 Å². The first-order valence-electron chi connectivity index (χ1n) is 8.76. The van der Waals surface area contributed by atoms with Crippen molar-refractivity contribution in [3.63, 3.8) is 0 Å². The molecule has 2 aromatic carbocycles. The summed E-state index contributed by atoms with van der Waals surface area (Å²) in [6.45, 7) is 2.20. The number of methoxy groups -OCH3 is 1. The van der Waals surface area contributed by atoms with Gasteiger partial charge in [-0.25, -0.2) is 0 Å². The van der Waals surface area contributed by atoms with Gasteiger partial charge in [-0.15, -0.1) is 0 Å². The second-order valence-electron chi connectivity index (χ2n) is 6.27. The van der Waals surface area contributed by atoms with Crippen LogP contribution in [0.4, 0.5) is 11.4 Å². The third kappa shape index (κ3) is 5.54. The van der Waals surface area contributed by atoms with Gasteiger partial charge in [0.1, 0.15) is 19.0 Å². The first kappa shape index (κ1) is 18.9. The first-order chi connectivity index (χ1) is 13.1. The summed E-state index contributed by atoms with van der Waals surface area (Å²) in [5, 5.41) is 5.59. The molecule has 0 bridgehead atoms. The molecule has 0 fully saturated rings. The molecule has 27 heavy (non-hydrogen) atoms. The Morgan fingerprint density at radius 1 is 1.04 bits per heavy atom. The predicted octanol–water partition coefficient (Wildman–Crippen LogP) is 2.10. The third-order valence-electron chi connectivity index (χ3n) is 4.13. The van der Waals surface area contributed by atoms with Crippen molar-refractivity contribution in [2.45, 2.75) is 6.54 Å². The van der Waals surface area contributed by atoms with Crippen molar-refractivity contribution in [2.75, 3.05) is 44.0 Å². The number of carbonyl (C=O) groups excluding carboxylic acids is 2. The van der Waals surface area contributed by atoms with Crippen LogP contribution in [0.3, 0.4) is 0 Å². The maximum absolute atomic E-state index is 12.4. The van der Waals surface area contributed by atoms with E-state index in [0.717, 1.165) is 11.3 Å². The predicted molar refractivity (Wildman–Crippen MR) is 103 cm³/mol. The molecular weight excluding hydrogens is 346 g/mol. The van der Waals surface area contributed by atoms with Crippen LogP contribution in [0, 0.1) is 0 Å². The quantitative estimate of drug-likeness (QED) is 0.815. The highest BCUT2D eigenvalue weighted by Gasteiger charge is 2.17. The summed E-state index contributed by atoms with van der Waals surface area (Å²) >= 11 is 0. The molecule has 1 aliphatic heterocycles. The summed E-state index contributed by atoms with van der Waals surface area (Å²) < 4.78 is 10.5. The minimum Gasteiger partial charge on any atom is -0.492 e. The lowest BCUT2D eigenvalue weighted by Gasteiger charge is -2.18. The van der Waals surface area contributed by atoms with E-state index in [1.165, 1.54) is 7.11 Å². The average Bonchev–Trinajstić information content (AvgIpc) is 2.85. The van der Waals surface area contributed by atoms with Gasteiger partial charge in [-0.2, -0.15) is 0 Å². The van der Waals surface area contributed by atoms with Gasteiger partial charge in [0.25, 0.3) is 0 Å². The molecule has 3 rings (SSSR count). The topological polar surface area (TPSA) is 79.9 Å².